The van der Waals surface area contributed by atoms with Gasteiger partial charge in [0, 0.05) is 17.8 Å². The van der Waals surface area contributed by atoms with Crippen LogP contribution in [-0.2, 0) is 0 Å². The third-order valence-corrected chi connectivity index (χ3v) is 2.51. The smallest absolute Gasteiger partial charge is 0.0919 e. The number of nitrogens with zero attached hydrogens (tertiary/aromatic N) is 2. The average Bonchev–Trinajstić information content (AvgIpc) is 2.38. The molecule has 2 nitrogen and oxygen atoms in total. The van der Waals surface area contributed by atoms with Gasteiger partial charge in [-0.2, -0.15) is 5.26 Å². The van der Waals surface area contributed by atoms with Gasteiger partial charge in [0.15, 0.2) is 0 Å². The second kappa shape index (κ2) is 5.09. The van der Waals surface area contributed by atoms with E-state index in [4.69, 9.17) is 5.26 Å². The summed E-state index contributed by atoms with van der Waals surface area (Å²) < 4.78 is 0. The van der Waals surface area contributed by atoms with E-state index in [-0.39, 0.29) is 0 Å². The van der Waals surface area contributed by atoms with E-state index in [2.05, 4.69) is 11.1 Å². The van der Waals surface area contributed by atoms with Gasteiger partial charge in [0.1, 0.15) is 0 Å². The maximum Gasteiger partial charge on any atom is 0.0919 e. The molecular formula is C15H12N2. The van der Waals surface area contributed by atoms with Gasteiger partial charge in [-0.1, -0.05) is 35.9 Å². The van der Waals surface area contributed by atoms with Crippen LogP contribution in [0.15, 0.2) is 54.7 Å². The van der Waals surface area contributed by atoms with Crippen molar-refractivity contribution in [2.75, 3.05) is 0 Å². The Balaban J connectivity index is 2.48. The molecule has 0 aliphatic carbocycles. The normalized spacial score (nSPS) is 10.9. The Kier molecular flexibility index (Phi) is 3.32. The summed E-state index contributed by atoms with van der Waals surface area (Å²) in [6.07, 6.45) is 3.27. The summed E-state index contributed by atoms with van der Waals surface area (Å²) in [4.78, 5) is 4.28. The van der Waals surface area contributed by atoms with E-state index >= 15 is 0 Å². The molecule has 0 saturated heterocycles. The topological polar surface area (TPSA) is 36.7 Å². The van der Waals surface area contributed by atoms with Crippen molar-refractivity contribution in [1.82, 2.24) is 4.98 Å². The van der Waals surface area contributed by atoms with Crippen LogP contribution in [-0.4, -0.2) is 4.98 Å². The molecule has 0 aliphatic heterocycles. The predicted octanol–water partition coefficient (Wildman–Crippen LogP) is 3.35. The van der Waals surface area contributed by atoms with Crippen LogP contribution in [0, 0.1) is 18.3 Å². The first-order valence-corrected chi connectivity index (χ1v) is 5.39. The van der Waals surface area contributed by atoms with Gasteiger partial charge in [-0.3, -0.25) is 4.98 Å². The fourth-order valence-electron chi connectivity index (χ4n) is 1.62. The van der Waals surface area contributed by atoms with Crippen molar-refractivity contribution in [2.45, 2.75) is 6.92 Å². The lowest BCUT2D eigenvalue weighted by atomic mass is 10.0. The number of hydrogen-bond donors (Lipinski definition) is 0. The first kappa shape index (κ1) is 11.1. The molecule has 2 heteroatoms. The number of aryl methyl sites for hydroxylation is 1. The molecule has 0 aliphatic rings. The lowest BCUT2D eigenvalue weighted by molar-refractivity contribution is 1.27. The number of benzene rings is 1. The highest BCUT2D eigenvalue weighted by molar-refractivity contribution is 5.79. The zero-order valence-corrected chi connectivity index (χ0v) is 9.59. The van der Waals surface area contributed by atoms with Crippen molar-refractivity contribution < 1.29 is 0 Å². The number of hydrogen-bond acceptors (Lipinski definition) is 2. The van der Waals surface area contributed by atoms with Crippen molar-refractivity contribution in [3.05, 3.63) is 71.6 Å². The summed E-state index contributed by atoms with van der Waals surface area (Å²) in [5.74, 6) is 0. The minimum Gasteiger partial charge on any atom is -0.256 e. The van der Waals surface area contributed by atoms with Gasteiger partial charge in [0.2, 0.25) is 0 Å². The second-order valence-electron chi connectivity index (χ2n) is 3.77. The van der Waals surface area contributed by atoms with Gasteiger partial charge in [-0.05, 0) is 24.6 Å². The van der Waals surface area contributed by atoms with Crippen LogP contribution in [0.25, 0.3) is 5.57 Å². The molecule has 1 heterocycles. The van der Waals surface area contributed by atoms with Crippen LogP contribution in [0.5, 0.6) is 0 Å². The molecule has 0 bridgehead atoms. The predicted molar refractivity (Wildman–Crippen MR) is 68.1 cm³/mol. The number of rotatable bonds is 2. The van der Waals surface area contributed by atoms with Crippen LogP contribution >= 0.6 is 0 Å². The minimum atomic E-state index is 0.818. The molecule has 0 spiro atoms. The summed E-state index contributed by atoms with van der Waals surface area (Å²) in [6.45, 7) is 2.04. The summed E-state index contributed by atoms with van der Waals surface area (Å²) >= 11 is 0. The third-order valence-electron chi connectivity index (χ3n) is 2.51. The van der Waals surface area contributed by atoms with Crippen molar-refractivity contribution in [2.24, 2.45) is 0 Å². The average molecular weight is 220 g/mol. The molecule has 0 amide bonds. The summed E-state index contributed by atoms with van der Waals surface area (Å²) in [5.41, 5.74) is 3.88. The molecule has 1 aromatic heterocycles. The Labute approximate surface area is 101 Å². The Bertz CT molecular complexity index is 560. The summed E-state index contributed by atoms with van der Waals surface area (Å²) in [5, 5.41) is 8.86. The summed E-state index contributed by atoms with van der Waals surface area (Å²) in [6, 6.07) is 15.8. The maximum absolute atomic E-state index is 8.86. The van der Waals surface area contributed by atoms with Crippen LogP contribution < -0.4 is 0 Å². The Morgan fingerprint density at radius 3 is 2.53 bits per heavy atom. The number of aromatic nitrogens is 1. The van der Waals surface area contributed by atoms with Crippen molar-refractivity contribution >= 4 is 5.57 Å². The largest absolute Gasteiger partial charge is 0.256 e. The van der Waals surface area contributed by atoms with E-state index in [9.17, 15) is 0 Å². The standard InChI is InChI=1S/C15H12N2/c1-12-5-7-13(8-6-12)14(9-10-16)15-4-2-3-11-17-15/h2-9,11H,1H3/b14-9-. The molecule has 0 saturated carbocycles. The highest BCUT2D eigenvalue weighted by Crippen LogP contribution is 2.21. The quantitative estimate of drug-likeness (QED) is 0.728. The van der Waals surface area contributed by atoms with E-state index in [0.29, 0.717) is 0 Å². The van der Waals surface area contributed by atoms with Crippen LogP contribution in [0.4, 0.5) is 0 Å². The first-order valence-electron chi connectivity index (χ1n) is 5.39. The SMILES string of the molecule is Cc1ccc(/C(=C/C#N)c2ccccn2)cc1. The summed E-state index contributed by atoms with van der Waals surface area (Å²) in [7, 11) is 0. The van der Waals surface area contributed by atoms with E-state index < -0.39 is 0 Å². The van der Waals surface area contributed by atoms with Gasteiger partial charge in [0.05, 0.1) is 11.8 Å². The van der Waals surface area contributed by atoms with Gasteiger partial charge in [0.25, 0.3) is 0 Å². The van der Waals surface area contributed by atoms with E-state index in [1.165, 1.54) is 11.6 Å². The van der Waals surface area contributed by atoms with Crippen molar-refractivity contribution in [3.63, 3.8) is 0 Å². The van der Waals surface area contributed by atoms with Crippen LogP contribution in [0.3, 0.4) is 0 Å². The molecule has 17 heavy (non-hydrogen) atoms. The van der Waals surface area contributed by atoms with Crippen LogP contribution in [0.1, 0.15) is 16.8 Å². The lowest BCUT2D eigenvalue weighted by Crippen LogP contribution is -1.91. The molecule has 1 aromatic carbocycles. The molecule has 0 radical (unpaired) electrons. The van der Waals surface area contributed by atoms with Gasteiger partial charge in [-0.25, -0.2) is 0 Å². The molecule has 0 fully saturated rings. The lowest BCUT2D eigenvalue weighted by Gasteiger charge is -2.06. The fourth-order valence-corrected chi connectivity index (χ4v) is 1.62. The van der Waals surface area contributed by atoms with Crippen LogP contribution in [0.2, 0.25) is 0 Å². The second-order valence-corrected chi connectivity index (χ2v) is 3.77. The van der Waals surface area contributed by atoms with Gasteiger partial charge < -0.3 is 0 Å². The molecule has 0 atom stereocenters. The molecular weight excluding hydrogens is 208 g/mol. The fraction of sp³-hybridized carbons (Fsp3) is 0.0667. The van der Waals surface area contributed by atoms with E-state index in [1.54, 1.807) is 6.20 Å². The van der Waals surface area contributed by atoms with E-state index in [0.717, 1.165) is 16.8 Å². The molecule has 2 rings (SSSR count). The third kappa shape index (κ3) is 2.59. The molecule has 82 valence electrons. The Morgan fingerprint density at radius 1 is 1.18 bits per heavy atom. The van der Waals surface area contributed by atoms with Crippen molar-refractivity contribution in [1.29, 1.82) is 5.26 Å². The number of allylic oxidation sites excluding steroid dienone is 1. The van der Waals surface area contributed by atoms with E-state index in [1.807, 2.05) is 49.4 Å². The highest BCUT2D eigenvalue weighted by Gasteiger charge is 2.05. The minimum absolute atomic E-state index is 0.818. The zero-order chi connectivity index (χ0) is 12.1. The van der Waals surface area contributed by atoms with Gasteiger partial charge in [-0.15, -0.1) is 0 Å². The highest BCUT2D eigenvalue weighted by atomic mass is 14.7. The first-order chi connectivity index (χ1) is 8.31. The monoisotopic (exact) mass is 220 g/mol. The zero-order valence-electron chi connectivity index (χ0n) is 9.59. The molecule has 0 N–H and O–H groups in total. The maximum atomic E-state index is 8.86. The molecule has 2 aromatic rings. The number of nitriles is 1. The number of pyridine rings is 1. The molecule has 0 unspecified atom stereocenters. The van der Waals surface area contributed by atoms with Crippen molar-refractivity contribution in [3.8, 4) is 6.07 Å². The Hall–Kier alpha value is -2.40. The Morgan fingerprint density at radius 2 is 1.94 bits per heavy atom. The van der Waals surface area contributed by atoms with Gasteiger partial charge >= 0.3 is 0 Å².